The van der Waals surface area contributed by atoms with Gasteiger partial charge in [-0.25, -0.2) is 4.79 Å². The van der Waals surface area contributed by atoms with Crippen LogP contribution < -0.4 is 0 Å². The third-order valence-electron chi connectivity index (χ3n) is 16.6. The van der Waals surface area contributed by atoms with Crippen molar-refractivity contribution in [3.63, 3.8) is 0 Å². The molecule has 0 amide bonds. The van der Waals surface area contributed by atoms with Crippen molar-refractivity contribution in [3.8, 4) is 11.8 Å². The van der Waals surface area contributed by atoms with Gasteiger partial charge in [-0.1, -0.05) is 57.8 Å². The standard InChI is InChI=1S/C51H66N4O9/c1-10-47(59)26-33-27-50(45(57)62-8,41-34(17-21-54(28-33)29-47)35-23-32(14-13-30(3)4)15-16-38(35)52-41)37-24-36-39(25-40(37)61-7)53(6)43-49(36)19-22-55-20-12-18-48(11-2,42(49)55)44(64-31(5)56)51(43,60)46(58)63-9/h12,15-16,18,23-25,30,33,37,40,42-44,52,59-60H,10-11,17,19-22,26-29H2,1-9H3/t33-,37?,40?,42+,43-,44-,47+,48-,49-,50+,51+/m1/s1. The fraction of sp³-hybridized carbons (Fsp3) is 0.627. The molecule has 4 fully saturated rings. The van der Waals surface area contributed by atoms with E-state index in [0.717, 1.165) is 39.0 Å². The molecule has 1 aromatic heterocycles. The summed E-state index contributed by atoms with van der Waals surface area (Å²) >= 11 is 0. The average molecular weight is 879 g/mol. The van der Waals surface area contributed by atoms with Crippen LogP contribution in [0, 0.1) is 40.4 Å². The number of likely N-dealkylation sites (tertiary alicyclic amines) is 1. The number of esters is 3. The summed E-state index contributed by atoms with van der Waals surface area (Å²) in [5.74, 6) is 4.26. The van der Waals surface area contributed by atoms with E-state index in [-0.39, 0.29) is 17.9 Å². The Morgan fingerprint density at radius 2 is 1.77 bits per heavy atom. The summed E-state index contributed by atoms with van der Waals surface area (Å²) in [7, 11) is 6.26. The molecule has 0 radical (unpaired) electrons. The Hall–Kier alpha value is -4.45. The second-order valence-corrected chi connectivity index (χ2v) is 20.2. The minimum absolute atomic E-state index is 0.0946. The molecule has 2 bridgehead atoms. The summed E-state index contributed by atoms with van der Waals surface area (Å²) in [5.41, 5.74) is -1.19. The van der Waals surface area contributed by atoms with Gasteiger partial charge in [0.15, 0.2) is 6.10 Å². The predicted molar refractivity (Wildman–Crippen MR) is 241 cm³/mol. The fourth-order valence-electron chi connectivity index (χ4n) is 14.3. The van der Waals surface area contributed by atoms with Gasteiger partial charge in [0.05, 0.1) is 32.0 Å². The van der Waals surface area contributed by atoms with Gasteiger partial charge in [-0.05, 0) is 86.4 Å². The Morgan fingerprint density at radius 3 is 2.44 bits per heavy atom. The number of aromatic nitrogens is 1. The molecule has 1 saturated carbocycles. The lowest BCUT2D eigenvalue weighted by atomic mass is 9.47. The van der Waals surface area contributed by atoms with Crippen LogP contribution in [-0.4, -0.2) is 144 Å². The largest absolute Gasteiger partial charge is 0.468 e. The highest BCUT2D eigenvalue weighted by atomic mass is 16.6. The minimum Gasteiger partial charge on any atom is -0.468 e. The lowest BCUT2D eigenvalue weighted by Gasteiger charge is -2.63. The normalized spacial score (nSPS) is 38.6. The van der Waals surface area contributed by atoms with Crippen molar-refractivity contribution in [1.82, 2.24) is 19.7 Å². The van der Waals surface area contributed by atoms with Gasteiger partial charge in [0, 0.05) is 104 Å². The molecular formula is C51H66N4O9. The summed E-state index contributed by atoms with van der Waals surface area (Å²) in [6.45, 7) is 12.8. The molecule has 3 unspecified atom stereocenters. The first kappa shape index (κ1) is 44.7. The SMILES string of the molecule is CC[C@]1(O)C[C@H]2CN(CCc3c([nH]c4ccc(C#CC(C)C)cc34)[C@@](C(=O)OC)(C3C=C4C(=CC3OC)N(C)[C@H]3[C@@](O)(C(=O)OC)[C@H](OC(C)=O)[C@]5(CC)C=CCN6CC[C@]43[C@@H]65)C2)C1. The Balaban J connectivity index is 1.33. The first-order valence-corrected chi connectivity index (χ1v) is 23.3. The molecule has 6 heterocycles. The number of rotatable bonds is 7. The maximum Gasteiger partial charge on any atom is 0.344 e. The highest BCUT2D eigenvalue weighted by Crippen LogP contribution is 2.70. The number of aliphatic hydroxyl groups is 2. The molecule has 13 heteroatoms. The molecule has 2 aliphatic carbocycles. The Kier molecular flexibility index (Phi) is 11.1. The van der Waals surface area contributed by atoms with Gasteiger partial charge >= 0.3 is 17.9 Å². The van der Waals surface area contributed by atoms with E-state index in [1.54, 1.807) is 7.11 Å². The van der Waals surface area contributed by atoms with E-state index in [1.807, 2.05) is 31.9 Å². The van der Waals surface area contributed by atoms with Crippen molar-refractivity contribution in [2.45, 2.75) is 114 Å². The van der Waals surface area contributed by atoms with Gasteiger partial charge in [0.2, 0.25) is 5.60 Å². The zero-order valence-electron chi connectivity index (χ0n) is 39.0. The zero-order valence-corrected chi connectivity index (χ0v) is 39.0. The van der Waals surface area contributed by atoms with E-state index in [1.165, 1.54) is 21.1 Å². The van der Waals surface area contributed by atoms with E-state index < -0.39 is 69.5 Å². The number of fused-ring (bicyclic) bond motifs is 6. The molecule has 12 atom stereocenters. The van der Waals surface area contributed by atoms with Crippen LogP contribution in [0.25, 0.3) is 10.9 Å². The molecule has 3 saturated heterocycles. The lowest BCUT2D eigenvalue weighted by molar-refractivity contribution is -0.243. The van der Waals surface area contributed by atoms with E-state index >= 15 is 4.79 Å². The highest BCUT2D eigenvalue weighted by molar-refractivity contribution is 5.92. The van der Waals surface area contributed by atoms with Crippen molar-refractivity contribution in [3.05, 3.63) is 70.6 Å². The van der Waals surface area contributed by atoms with E-state index in [4.69, 9.17) is 18.9 Å². The third kappa shape index (κ3) is 6.18. The number of piperidine rings is 1. The van der Waals surface area contributed by atoms with Crippen molar-refractivity contribution in [2.75, 3.05) is 61.1 Å². The van der Waals surface area contributed by atoms with Crippen LogP contribution >= 0.6 is 0 Å². The Labute approximate surface area is 377 Å². The summed E-state index contributed by atoms with van der Waals surface area (Å²) in [5, 5.41) is 26.5. The van der Waals surface area contributed by atoms with Gasteiger partial charge in [-0.2, -0.15) is 0 Å². The van der Waals surface area contributed by atoms with E-state index in [9.17, 15) is 19.8 Å². The van der Waals surface area contributed by atoms with Crippen LogP contribution in [-0.2, 0) is 45.2 Å². The van der Waals surface area contributed by atoms with Crippen LogP contribution in [0.5, 0.6) is 0 Å². The van der Waals surface area contributed by atoms with Crippen molar-refractivity contribution in [2.24, 2.45) is 28.6 Å². The number of carbonyl (C=O) groups excluding carboxylic acids is 3. The van der Waals surface area contributed by atoms with Crippen molar-refractivity contribution < 1.29 is 43.5 Å². The second kappa shape index (κ2) is 15.9. The third-order valence-corrected chi connectivity index (χ3v) is 16.6. The number of aromatic amines is 1. The van der Waals surface area contributed by atoms with Gasteiger partial charge in [-0.15, -0.1) is 0 Å². The van der Waals surface area contributed by atoms with E-state index in [0.29, 0.717) is 71.2 Å². The molecule has 9 rings (SSSR count). The van der Waals surface area contributed by atoms with Crippen LogP contribution in [0.15, 0.2) is 53.8 Å². The number of ether oxygens (including phenoxy) is 4. The fourth-order valence-corrected chi connectivity index (χ4v) is 14.3. The van der Waals surface area contributed by atoms with Crippen molar-refractivity contribution >= 4 is 28.8 Å². The number of hydrogen-bond donors (Lipinski definition) is 3. The topological polar surface area (TPSA) is 154 Å². The number of H-pyrrole nitrogens is 1. The molecule has 1 spiro atoms. The first-order chi connectivity index (χ1) is 30.5. The van der Waals surface area contributed by atoms with E-state index in [2.05, 4.69) is 76.9 Å². The molecule has 13 nitrogen and oxygen atoms in total. The number of benzene rings is 1. The maximum absolute atomic E-state index is 15.6. The average Bonchev–Trinajstić information content (AvgIpc) is 3.94. The number of hydrogen-bond acceptors (Lipinski definition) is 12. The summed E-state index contributed by atoms with van der Waals surface area (Å²) < 4.78 is 24.3. The molecule has 2 aromatic rings. The molecule has 7 aliphatic rings. The molecular weight excluding hydrogens is 813 g/mol. The molecule has 344 valence electrons. The molecule has 64 heavy (non-hydrogen) atoms. The van der Waals surface area contributed by atoms with Gasteiger partial charge in [0.25, 0.3) is 0 Å². The van der Waals surface area contributed by atoms with Crippen LogP contribution in [0.4, 0.5) is 0 Å². The Morgan fingerprint density at radius 1 is 1.00 bits per heavy atom. The highest BCUT2D eigenvalue weighted by Gasteiger charge is 2.81. The zero-order chi connectivity index (χ0) is 45.7. The smallest absolute Gasteiger partial charge is 0.344 e. The second-order valence-electron chi connectivity index (χ2n) is 20.2. The van der Waals surface area contributed by atoms with Crippen molar-refractivity contribution in [1.29, 1.82) is 0 Å². The summed E-state index contributed by atoms with van der Waals surface area (Å²) in [6, 6.07) is 5.00. The van der Waals surface area contributed by atoms with Crippen LogP contribution in [0.3, 0.4) is 0 Å². The summed E-state index contributed by atoms with van der Waals surface area (Å²) in [6.07, 6.45) is 9.60. The maximum atomic E-state index is 15.6. The van der Waals surface area contributed by atoms with Gasteiger partial charge in [-0.3, -0.25) is 19.4 Å². The molecule has 1 aromatic carbocycles. The Bertz CT molecular complexity index is 2410. The monoisotopic (exact) mass is 878 g/mol. The number of carbonyl (C=O) groups is 3. The van der Waals surface area contributed by atoms with Gasteiger partial charge < -0.3 is 39.0 Å². The number of allylic oxidation sites excluding steroid dienone is 1. The first-order valence-electron chi connectivity index (χ1n) is 23.3. The minimum atomic E-state index is -2.30. The predicted octanol–water partition coefficient (Wildman–Crippen LogP) is 4.64. The number of nitrogens with one attached hydrogen (secondary N) is 1. The summed E-state index contributed by atoms with van der Waals surface area (Å²) in [4.78, 5) is 53.7. The number of methoxy groups -OCH3 is 3. The lowest BCUT2D eigenvalue weighted by Crippen LogP contribution is -2.79. The van der Waals surface area contributed by atoms with Crippen LogP contribution in [0.1, 0.15) is 83.5 Å². The molecule has 3 N–H and O–H groups in total. The number of likely N-dealkylation sites (N-methyl/N-ethyl adjacent to an activating group) is 1. The number of nitrogens with zero attached hydrogens (tertiary/aromatic N) is 3. The van der Waals surface area contributed by atoms with Crippen LogP contribution in [0.2, 0.25) is 0 Å². The quantitative estimate of drug-likeness (QED) is 0.154. The molecule has 5 aliphatic heterocycles. The van der Waals surface area contributed by atoms with Gasteiger partial charge in [0.1, 0.15) is 5.41 Å².